The largest absolute Gasteiger partial charge is 0.493 e. The van der Waals surface area contributed by atoms with Crippen molar-refractivity contribution in [3.8, 4) is 11.5 Å². The second kappa shape index (κ2) is 8.20. The lowest BCUT2D eigenvalue weighted by Gasteiger charge is -2.18. The van der Waals surface area contributed by atoms with Crippen molar-refractivity contribution in [3.05, 3.63) is 64.2 Å². The molecule has 0 bridgehead atoms. The molecule has 27 heavy (non-hydrogen) atoms. The van der Waals surface area contributed by atoms with E-state index in [2.05, 4.69) is 10.6 Å². The molecule has 2 aromatic carbocycles. The number of hydrogen-bond acceptors (Lipinski definition) is 5. The van der Waals surface area contributed by atoms with E-state index in [1.165, 1.54) is 13.2 Å². The van der Waals surface area contributed by atoms with E-state index in [9.17, 15) is 9.59 Å². The van der Waals surface area contributed by atoms with Crippen molar-refractivity contribution in [3.63, 3.8) is 0 Å². The number of thiocarbonyl (C=S) groups is 1. The Morgan fingerprint density at radius 2 is 1.81 bits per heavy atom. The fraction of sp³-hybridized carbons (Fsp3) is 0.105. The van der Waals surface area contributed by atoms with Crippen molar-refractivity contribution in [1.82, 2.24) is 10.6 Å². The molecule has 3 rings (SSSR count). The summed E-state index contributed by atoms with van der Waals surface area (Å²) in [5, 5.41) is 5.37. The van der Waals surface area contributed by atoms with Gasteiger partial charge < -0.3 is 9.47 Å². The minimum absolute atomic E-state index is 0.0229. The molecule has 6 nitrogen and oxygen atoms in total. The highest BCUT2D eigenvalue weighted by Gasteiger charge is 2.26. The van der Waals surface area contributed by atoms with E-state index < -0.39 is 11.8 Å². The van der Waals surface area contributed by atoms with E-state index >= 15 is 0 Å². The number of amides is 2. The first-order chi connectivity index (χ1) is 13.0. The number of nitrogens with one attached hydrogen (secondary N) is 2. The van der Waals surface area contributed by atoms with E-state index in [4.69, 9.17) is 33.3 Å². The Morgan fingerprint density at radius 1 is 1.11 bits per heavy atom. The van der Waals surface area contributed by atoms with Crippen LogP contribution in [0, 0.1) is 0 Å². The van der Waals surface area contributed by atoms with E-state index in [1.807, 2.05) is 12.1 Å². The van der Waals surface area contributed by atoms with Crippen molar-refractivity contribution in [2.24, 2.45) is 0 Å². The number of hydrogen-bond donors (Lipinski definition) is 2. The number of carbonyl (C=O) groups is 2. The molecule has 2 amide bonds. The molecule has 0 aromatic heterocycles. The summed E-state index contributed by atoms with van der Waals surface area (Å²) in [6.45, 7) is 0.236. The first kappa shape index (κ1) is 18.9. The number of benzene rings is 2. The lowest BCUT2D eigenvalue weighted by Crippen LogP contribution is -2.51. The molecule has 2 N–H and O–H groups in total. The zero-order chi connectivity index (χ0) is 19.4. The highest BCUT2D eigenvalue weighted by molar-refractivity contribution is 7.80. The van der Waals surface area contributed by atoms with Crippen LogP contribution < -0.4 is 20.1 Å². The van der Waals surface area contributed by atoms with Crippen LogP contribution in [0.3, 0.4) is 0 Å². The first-order valence-electron chi connectivity index (χ1n) is 7.90. The number of methoxy groups -OCH3 is 1. The normalized spacial score (nSPS) is 13.7. The van der Waals surface area contributed by atoms with Gasteiger partial charge >= 0.3 is 0 Å². The minimum atomic E-state index is -0.577. The third-order valence-corrected chi connectivity index (χ3v) is 4.18. The van der Waals surface area contributed by atoms with Crippen molar-refractivity contribution >= 4 is 46.8 Å². The topological polar surface area (TPSA) is 76.7 Å². The maximum absolute atomic E-state index is 12.1. The van der Waals surface area contributed by atoms with E-state index in [-0.39, 0.29) is 17.3 Å². The molecule has 2 aromatic rings. The molecular formula is C19H15ClN2O4S. The zero-order valence-corrected chi connectivity index (χ0v) is 15.8. The van der Waals surface area contributed by atoms with Crippen LogP contribution in [-0.4, -0.2) is 24.0 Å². The quantitative estimate of drug-likeness (QED) is 0.457. The summed E-state index contributed by atoms with van der Waals surface area (Å²) in [5.74, 6) is -0.278. The molecule has 1 aliphatic heterocycles. The molecule has 0 aliphatic carbocycles. The summed E-state index contributed by atoms with van der Waals surface area (Å²) in [6, 6.07) is 12.4. The Kier molecular flexibility index (Phi) is 5.73. The van der Waals surface area contributed by atoms with Crippen molar-refractivity contribution in [1.29, 1.82) is 0 Å². The van der Waals surface area contributed by atoms with Gasteiger partial charge in [0, 0.05) is 10.6 Å². The molecular weight excluding hydrogens is 388 g/mol. The van der Waals surface area contributed by atoms with E-state index in [1.54, 1.807) is 30.3 Å². The van der Waals surface area contributed by atoms with Crippen LogP contribution in [0.25, 0.3) is 6.08 Å². The van der Waals surface area contributed by atoms with Crippen LogP contribution in [0.2, 0.25) is 5.02 Å². The zero-order valence-electron chi connectivity index (χ0n) is 14.2. The number of halogens is 1. The average Bonchev–Trinajstić information content (AvgIpc) is 2.63. The molecule has 0 atom stereocenters. The van der Waals surface area contributed by atoms with Crippen LogP contribution in [0.15, 0.2) is 48.0 Å². The highest BCUT2D eigenvalue weighted by atomic mass is 35.5. The Hall–Kier alpha value is -2.90. The van der Waals surface area contributed by atoms with Crippen LogP contribution in [0.5, 0.6) is 11.5 Å². The smallest absolute Gasteiger partial charge is 0.263 e. The molecule has 1 aliphatic rings. The Bertz CT molecular complexity index is 936. The highest BCUT2D eigenvalue weighted by Crippen LogP contribution is 2.33. The Labute approximate surface area is 166 Å². The summed E-state index contributed by atoms with van der Waals surface area (Å²) in [5.41, 5.74) is 1.31. The predicted molar refractivity (Wildman–Crippen MR) is 106 cm³/mol. The van der Waals surface area contributed by atoms with Crippen LogP contribution in [0.4, 0.5) is 0 Å². The number of ether oxygens (including phenoxy) is 2. The maximum atomic E-state index is 12.1. The van der Waals surface area contributed by atoms with E-state index in [0.29, 0.717) is 22.1 Å². The second-order valence-electron chi connectivity index (χ2n) is 5.59. The third kappa shape index (κ3) is 4.45. The van der Waals surface area contributed by atoms with Crippen molar-refractivity contribution < 1.29 is 19.1 Å². The predicted octanol–water partition coefficient (Wildman–Crippen LogP) is 2.84. The van der Waals surface area contributed by atoms with E-state index in [0.717, 1.165) is 5.56 Å². The minimum Gasteiger partial charge on any atom is -0.493 e. The molecule has 0 spiro atoms. The molecule has 1 fully saturated rings. The molecule has 8 heteroatoms. The summed E-state index contributed by atoms with van der Waals surface area (Å²) in [7, 11) is 1.51. The van der Waals surface area contributed by atoms with Gasteiger partial charge in [0.15, 0.2) is 16.6 Å². The average molecular weight is 403 g/mol. The molecule has 0 unspecified atom stereocenters. The third-order valence-electron chi connectivity index (χ3n) is 3.74. The molecule has 0 radical (unpaired) electrons. The van der Waals surface area contributed by atoms with Crippen LogP contribution >= 0.6 is 23.8 Å². The van der Waals surface area contributed by atoms with Gasteiger partial charge in [0.05, 0.1) is 7.11 Å². The number of rotatable bonds is 5. The van der Waals surface area contributed by atoms with Crippen LogP contribution in [0.1, 0.15) is 11.1 Å². The summed E-state index contributed by atoms with van der Waals surface area (Å²) < 4.78 is 11.3. The lowest BCUT2D eigenvalue weighted by molar-refractivity contribution is -0.123. The number of para-hydroxylation sites is 1. The Balaban J connectivity index is 1.94. The Morgan fingerprint density at radius 3 is 2.48 bits per heavy atom. The standard InChI is InChI=1S/C19H15ClN2O4S/c1-25-15-7-3-5-12(9-14-17(23)21-19(27)22-18(14)24)16(15)26-10-11-4-2-6-13(20)8-11/h2-9H,10H2,1H3,(H2,21,22,23,24,27). The van der Waals surface area contributed by atoms with Gasteiger partial charge in [-0.15, -0.1) is 0 Å². The monoisotopic (exact) mass is 402 g/mol. The first-order valence-corrected chi connectivity index (χ1v) is 8.69. The molecule has 138 valence electrons. The van der Waals surface area contributed by atoms with Gasteiger partial charge in [0.2, 0.25) is 0 Å². The SMILES string of the molecule is COc1cccc(C=C2C(=O)NC(=S)NC2=O)c1OCc1cccc(Cl)c1. The molecule has 1 heterocycles. The summed E-state index contributed by atoms with van der Waals surface area (Å²) in [4.78, 5) is 24.2. The van der Waals surface area contributed by atoms with Gasteiger partial charge in [-0.3, -0.25) is 20.2 Å². The fourth-order valence-electron chi connectivity index (χ4n) is 2.51. The van der Waals surface area contributed by atoms with Crippen molar-refractivity contribution in [2.45, 2.75) is 6.61 Å². The molecule has 1 saturated heterocycles. The fourth-order valence-corrected chi connectivity index (χ4v) is 2.90. The van der Waals surface area contributed by atoms with Gasteiger partial charge in [-0.05, 0) is 42.1 Å². The summed E-state index contributed by atoms with van der Waals surface area (Å²) in [6.07, 6.45) is 1.43. The molecule has 0 saturated carbocycles. The second-order valence-corrected chi connectivity index (χ2v) is 6.44. The van der Waals surface area contributed by atoms with Gasteiger partial charge in [-0.1, -0.05) is 35.9 Å². The number of carbonyl (C=O) groups excluding carboxylic acids is 2. The lowest BCUT2D eigenvalue weighted by atomic mass is 10.1. The maximum Gasteiger partial charge on any atom is 0.263 e. The summed E-state index contributed by atoms with van der Waals surface area (Å²) >= 11 is 10.8. The van der Waals surface area contributed by atoms with Gasteiger partial charge in [-0.2, -0.15) is 0 Å². The van der Waals surface area contributed by atoms with Crippen molar-refractivity contribution in [2.75, 3.05) is 7.11 Å². The van der Waals surface area contributed by atoms with Gasteiger partial charge in [0.25, 0.3) is 11.8 Å². The van der Waals surface area contributed by atoms with Gasteiger partial charge in [-0.25, -0.2) is 0 Å². The van der Waals surface area contributed by atoms with Crippen LogP contribution in [-0.2, 0) is 16.2 Å². The van der Waals surface area contributed by atoms with Gasteiger partial charge in [0.1, 0.15) is 12.2 Å².